The van der Waals surface area contributed by atoms with Gasteiger partial charge in [0, 0.05) is 5.02 Å². The highest BCUT2D eigenvalue weighted by Crippen LogP contribution is 2.27. The Morgan fingerprint density at radius 2 is 2.00 bits per heavy atom. The third-order valence-corrected chi connectivity index (χ3v) is 3.05. The number of amides is 1. The van der Waals surface area contributed by atoms with E-state index in [-0.39, 0.29) is 6.61 Å². The zero-order valence-electron chi connectivity index (χ0n) is 12.1. The zero-order valence-corrected chi connectivity index (χ0v) is 12.8. The number of benzene rings is 2. The topological polar surface area (TPSA) is 47.6 Å². The van der Waals surface area contributed by atoms with Crippen molar-refractivity contribution in [1.29, 1.82) is 0 Å². The lowest BCUT2D eigenvalue weighted by molar-refractivity contribution is 0.174. The number of nitrogens with one attached hydrogen (secondary N) is 1. The summed E-state index contributed by atoms with van der Waals surface area (Å²) in [5.74, 6) is 0.515. The highest BCUT2D eigenvalue weighted by Gasteiger charge is 2.08. The molecule has 1 amide bonds. The van der Waals surface area contributed by atoms with Gasteiger partial charge in [-0.1, -0.05) is 48.0 Å². The van der Waals surface area contributed by atoms with Crippen molar-refractivity contribution in [1.82, 2.24) is 0 Å². The van der Waals surface area contributed by atoms with Crippen molar-refractivity contribution >= 4 is 29.5 Å². The van der Waals surface area contributed by atoms with Gasteiger partial charge in [0.05, 0.1) is 12.8 Å². The number of methoxy groups -OCH3 is 1. The van der Waals surface area contributed by atoms with Gasteiger partial charge in [0.15, 0.2) is 0 Å². The lowest BCUT2D eigenvalue weighted by atomic mass is 10.2. The average Bonchev–Trinajstić information content (AvgIpc) is 2.53. The number of carbonyl (C=O) groups excluding carboxylic acids is 1. The summed E-state index contributed by atoms with van der Waals surface area (Å²) in [6.45, 7) is 0.170. The van der Waals surface area contributed by atoms with Crippen LogP contribution in [-0.2, 0) is 4.74 Å². The van der Waals surface area contributed by atoms with Gasteiger partial charge in [-0.05, 0) is 29.8 Å². The number of hydrogen-bond donors (Lipinski definition) is 1. The summed E-state index contributed by atoms with van der Waals surface area (Å²) in [6.07, 6.45) is 3.08. The van der Waals surface area contributed by atoms with Gasteiger partial charge in [-0.2, -0.15) is 0 Å². The second kappa shape index (κ2) is 8.10. The quantitative estimate of drug-likeness (QED) is 0.876. The first kappa shape index (κ1) is 15.9. The predicted molar refractivity (Wildman–Crippen MR) is 88.5 cm³/mol. The van der Waals surface area contributed by atoms with E-state index in [9.17, 15) is 4.79 Å². The number of hydrogen-bond acceptors (Lipinski definition) is 3. The monoisotopic (exact) mass is 317 g/mol. The highest BCUT2D eigenvalue weighted by atomic mass is 35.5. The van der Waals surface area contributed by atoms with E-state index in [2.05, 4.69) is 5.32 Å². The van der Waals surface area contributed by atoms with Crippen LogP contribution in [0.15, 0.2) is 54.6 Å². The lowest BCUT2D eigenvalue weighted by Gasteiger charge is -2.10. The Labute approximate surface area is 134 Å². The summed E-state index contributed by atoms with van der Waals surface area (Å²) < 4.78 is 10.2. The van der Waals surface area contributed by atoms with Gasteiger partial charge in [0.1, 0.15) is 12.4 Å². The maximum atomic E-state index is 11.7. The van der Waals surface area contributed by atoms with Crippen LogP contribution in [0.2, 0.25) is 5.02 Å². The van der Waals surface area contributed by atoms with Crippen LogP contribution < -0.4 is 10.1 Å². The maximum Gasteiger partial charge on any atom is 0.412 e. The minimum Gasteiger partial charge on any atom is -0.495 e. The molecule has 2 aromatic carbocycles. The molecule has 0 radical (unpaired) electrons. The molecule has 1 N–H and O–H groups in total. The maximum absolute atomic E-state index is 11.7. The molecule has 0 aliphatic carbocycles. The van der Waals surface area contributed by atoms with Crippen molar-refractivity contribution in [3.63, 3.8) is 0 Å². The summed E-state index contributed by atoms with van der Waals surface area (Å²) >= 11 is 5.89. The molecular weight excluding hydrogens is 302 g/mol. The third kappa shape index (κ3) is 4.82. The molecule has 0 atom stereocenters. The van der Waals surface area contributed by atoms with Crippen LogP contribution in [0.5, 0.6) is 5.75 Å². The number of anilines is 1. The minimum atomic E-state index is -0.571. The third-order valence-electron chi connectivity index (χ3n) is 2.82. The second-order valence-corrected chi connectivity index (χ2v) is 4.82. The SMILES string of the molecule is COc1ccc(Cl)cc1NC(=O)OC/C=C/c1ccccc1. The zero-order chi connectivity index (χ0) is 15.8. The van der Waals surface area contributed by atoms with E-state index in [4.69, 9.17) is 21.1 Å². The van der Waals surface area contributed by atoms with E-state index >= 15 is 0 Å². The molecule has 0 saturated heterocycles. The number of carbonyl (C=O) groups is 1. The molecule has 5 heteroatoms. The van der Waals surface area contributed by atoms with Crippen LogP contribution in [0.4, 0.5) is 10.5 Å². The molecule has 0 saturated carbocycles. The Hall–Kier alpha value is -2.46. The molecule has 0 aliphatic rings. The van der Waals surface area contributed by atoms with Gasteiger partial charge >= 0.3 is 6.09 Å². The van der Waals surface area contributed by atoms with E-state index in [1.165, 1.54) is 7.11 Å². The van der Waals surface area contributed by atoms with Crippen LogP contribution in [0, 0.1) is 0 Å². The van der Waals surface area contributed by atoms with Crippen molar-refractivity contribution in [3.8, 4) is 5.75 Å². The molecule has 0 aromatic heterocycles. The summed E-state index contributed by atoms with van der Waals surface area (Å²) in [7, 11) is 1.52. The lowest BCUT2D eigenvalue weighted by Crippen LogP contribution is -2.14. The van der Waals surface area contributed by atoms with E-state index in [0.29, 0.717) is 16.5 Å². The summed E-state index contributed by atoms with van der Waals surface area (Å²) in [5, 5.41) is 3.10. The first-order chi connectivity index (χ1) is 10.7. The van der Waals surface area contributed by atoms with Crippen LogP contribution in [0.25, 0.3) is 6.08 Å². The van der Waals surface area contributed by atoms with E-state index in [1.54, 1.807) is 24.3 Å². The van der Waals surface area contributed by atoms with Gasteiger partial charge in [0.2, 0.25) is 0 Å². The van der Waals surface area contributed by atoms with Crippen molar-refractivity contribution in [2.24, 2.45) is 0 Å². The van der Waals surface area contributed by atoms with E-state index in [1.807, 2.05) is 36.4 Å². The number of ether oxygens (including phenoxy) is 2. The van der Waals surface area contributed by atoms with Crippen molar-refractivity contribution in [3.05, 3.63) is 65.2 Å². The first-order valence-corrected chi connectivity index (χ1v) is 7.06. The molecule has 0 fully saturated rings. The molecule has 4 nitrogen and oxygen atoms in total. The fourth-order valence-corrected chi connectivity index (χ4v) is 1.97. The normalized spacial score (nSPS) is 10.5. The largest absolute Gasteiger partial charge is 0.495 e. The van der Waals surface area contributed by atoms with E-state index < -0.39 is 6.09 Å². The average molecular weight is 318 g/mol. The van der Waals surface area contributed by atoms with Crippen LogP contribution in [-0.4, -0.2) is 19.8 Å². The molecule has 114 valence electrons. The van der Waals surface area contributed by atoms with Crippen molar-refractivity contribution in [2.45, 2.75) is 0 Å². The van der Waals surface area contributed by atoms with Crippen LogP contribution in [0.1, 0.15) is 5.56 Å². The Morgan fingerprint density at radius 3 is 2.73 bits per heavy atom. The Bertz CT molecular complexity index is 656. The number of halogens is 1. The van der Waals surface area contributed by atoms with E-state index in [0.717, 1.165) is 5.56 Å². The summed E-state index contributed by atoms with van der Waals surface area (Å²) in [4.78, 5) is 11.7. The first-order valence-electron chi connectivity index (χ1n) is 6.68. The minimum absolute atomic E-state index is 0.170. The van der Waals surface area contributed by atoms with Gasteiger partial charge in [-0.15, -0.1) is 0 Å². The molecule has 22 heavy (non-hydrogen) atoms. The molecule has 2 aromatic rings. The summed E-state index contributed by atoms with van der Waals surface area (Å²) in [5.41, 5.74) is 1.51. The van der Waals surface area contributed by atoms with Gasteiger partial charge in [-0.3, -0.25) is 5.32 Å². The second-order valence-electron chi connectivity index (χ2n) is 4.38. The smallest absolute Gasteiger partial charge is 0.412 e. The highest BCUT2D eigenvalue weighted by molar-refractivity contribution is 6.31. The summed E-state index contributed by atoms with van der Waals surface area (Å²) in [6, 6.07) is 14.7. The fraction of sp³-hybridized carbons (Fsp3) is 0.118. The van der Waals surface area contributed by atoms with Gasteiger partial charge in [-0.25, -0.2) is 4.79 Å². The van der Waals surface area contributed by atoms with Gasteiger partial charge in [0.25, 0.3) is 0 Å². The Morgan fingerprint density at radius 1 is 1.23 bits per heavy atom. The molecule has 0 unspecified atom stereocenters. The molecule has 2 rings (SSSR count). The molecule has 0 bridgehead atoms. The Balaban J connectivity index is 1.86. The molecule has 0 spiro atoms. The standard InChI is InChI=1S/C17H16ClNO3/c1-21-16-10-9-14(18)12-15(16)19-17(20)22-11-5-8-13-6-3-2-4-7-13/h2-10,12H,11H2,1H3,(H,19,20)/b8-5+. The molecular formula is C17H16ClNO3. The van der Waals surface area contributed by atoms with Crippen molar-refractivity contribution < 1.29 is 14.3 Å². The van der Waals surface area contributed by atoms with Gasteiger partial charge < -0.3 is 9.47 Å². The molecule has 0 heterocycles. The predicted octanol–water partition coefficient (Wildman–Crippen LogP) is 4.61. The fourth-order valence-electron chi connectivity index (χ4n) is 1.80. The van der Waals surface area contributed by atoms with Crippen LogP contribution in [0.3, 0.4) is 0 Å². The van der Waals surface area contributed by atoms with Crippen molar-refractivity contribution in [2.75, 3.05) is 19.0 Å². The Kier molecular flexibility index (Phi) is 5.86. The molecule has 0 aliphatic heterocycles. The van der Waals surface area contributed by atoms with Crippen LogP contribution >= 0.6 is 11.6 Å². The number of rotatable bonds is 5.